The number of nitrogens with two attached hydrogens (primary N) is 1. The Morgan fingerprint density at radius 3 is 2.84 bits per heavy atom. The van der Waals surface area contributed by atoms with E-state index in [1.165, 1.54) is 23.9 Å². The molecular formula is C13H8BrFN2OS. The molecule has 0 saturated carbocycles. The van der Waals surface area contributed by atoms with E-state index in [-0.39, 0.29) is 5.82 Å². The molecule has 0 saturated heterocycles. The molecule has 6 heteroatoms. The second-order valence-electron chi connectivity index (χ2n) is 3.85. The van der Waals surface area contributed by atoms with E-state index >= 15 is 0 Å². The predicted octanol–water partition coefficient (Wildman–Crippen LogP) is 4.46. The second-order valence-corrected chi connectivity index (χ2v) is 5.70. The normalized spacial score (nSPS) is 11.1. The highest BCUT2D eigenvalue weighted by Crippen LogP contribution is 2.35. The first-order valence-electron chi connectivity index (χ1n) is 5.41. The number of benzene rings is 2. The number of nitrogen functional groups attached to an aromatic ring is 1. The summed E-state index contributed by atoms with van der Waals surface area (Å²) < 4.78 is 19.4. The summed E-state index contributed by atoms with van der Waals surface area (Å²) in [5.74, 6) is -0.368. The van der Waals surface area contributed by atoms with Gasteiger partial charge in [0, 0.05) is 10.6 Å². The van der Waals surface area contributed by atoms with Gasteiger partial charge in [0.15, 0.2) is 5.58 Å². The fourth-order valence-electron chi connectivity index (χ4n) is 1.62. The molecule has 0 radical (unpaired) electrons. The lowest BCUT2D eigenvalue weighted by Gasteiger charge is -2.03. The topological polar surface area (TPSA) is 52.0 Å². The molecule has 0 unspecified atom stereocenters. The summed E-state index contributed by atoms with van der Waals surface area (Å²) in [6, 6.07) is 10.3. The Hall–Kier alpha value is -1.53. The van der Waals surface area contributed by atoms with Crippen LogP contribution in [0.2, 0.25) is 0 Å². The zero-order chi connectivity index (χ0) is 13.4. The number of oxazole rings is 1. The molecule has 1 aromatic heterocycles. The van der Waals surface area contributed by atoms with Gasteiger partial charge in [0.25, 0.3) is 5.22 Å². The van der Waals surface area contributed by atoms with Gasteiger partial charge in [-0.25, -0.2) is 9.37 Å². The average molecular weight is 339 g/mol. The summed E-state index contributed by atoms with van der Waals surface area (Å²) in [4.78, 5) is 4.88. The molecule has 0 fully saturated rings. The van der Waals surface area contributed by atoms with Crippen molar-refractivity contribution in [1.29, 1.82) is 0 Å². The van der Waals surface area contributed by atoms with E-state index in [9.17, 15) is 4.39 Å². The maximum Gasteiger partial charge on any atom is 0.261 e. The molecule has 2 N–H and O–H groups in total. The van der Waals surface area contributed by atoms with Crippen LogP contribution in [-0.4, -0.2) is 4.98 Å². The van der Waals surface area contributed by atoms with E-state index in [0.717, 1.165) is 5.52 Å². The lowest BCUT2D eigenvalue weighted by atomic mass is 10.3. The van der Waals surface area contributed by atoms with Crippen molar-refractivity contribution in [3.63, 3.8) is 0 Å². The van der Waals surface area contributed by atoms with E-state index in [2.05, 4.69) is 20.9 Å². The number of para-hydroxylation sites is 2. The van der Waals surface area contributed by atoms with Crippen LogP contribution in [0.1, 0.15) is 0 Å². The Kier molecular flexibility index (Phi) is 3.20. The molecule has 2 aromatic carbocycles. The Bertz CT molecular complexity index is 726. The van der Waals surface area contributed by atoms with Crippen LogP contribution >= 0.6 is 27.7 Å². The van der Waals surface area contributed by atoms with Gasteiger partial charge in [-0.3, -0.25) is 0 Å². The standard InChI is InChI=1S/C13H8BrFN2OS/c14-7-5-9(16)12(6-8(7)15)19-13-17-10-3-1-2-4-11(10)18-13/h1-6H,16H2. The van der Waals surface area contributed by atoms with Crippen LogP contribution in [0.3, 0.4) is 0 Å². The summed E-state index contributed by atoms with van der Waals surface area (Å²) in [7, 11) is 0. The minimum absolute atomic E-state index is 0.340. The summed E-state index contributed by atoms with van der Waals surface area (Å²) in [6.45, 7) is 0. The molecule has 0 aliphatic carbocycles. The van der Waals surface area contributed by atoms with Crippen molar-refractivity contribution in [1.82, 2.24) is 4.98 Å². The molecule has 3 aromatic rings. The van der Waals surface area contributed by atoms with Gasteiger partial charge in [-0.05, 0) is 52.0 Å². The van der Waals surface area contributed by atoms with Gasteiger partial charge in [-0.1, -0.05) is 12.1 Å². The molecule has 19 heavy (non-hydrogen) atoms. The Balaban J connectivity index is 1.98. The van der Waals surface area contributed by atoms with Crippen molar-refractivity contribution < 1.29 is 8.81 Å². The SMILES string of the molecule is Nc1cc(Br)c(F)cc1Sc1nc2ccccc2o1. The van der Waals surface area contributed by atoms with Gasteiger partial charge in [0.05, 0.1) is 4.47 Å². The van der Waals surface area contributed by atoms with Crippen molar-refractivity contribution in [2.24, 2.45) is 0 Å². The van der Waals surface area contributed by atoms with Gasteiger partial charge in [0.2, 0.25) is 0 Å². The monoisotopic (exact) mass is 338 g/mol. The van der Waals surface area contributed by atoms with Crippen LogP contribution < -0.4 is 5.73 Å². The number of nitrogens with zero attached hydrogens (tertiary/aromatic N) is 1. The van der Waals surface area contributed by atoms with Crippen molar-refractivity contribution in [3.8, 4) is 0 Å². The van der Waals surface area contributed by atoms with E-state index < -0.39 is 0 Å². The lowest BCUT2D eigenvalue weighted by Crippen LogP contribution is -1.91. The number of anilines is 1. The number of rotatable bonds is 2. The first-order chi connectivity index (χ1) is 9.13. The maximum absolute atomic E-state index is 13.5. The highest BCUT2D eigenvalue weighted by atomic mass is 79.9. The molecule has 0 aliphatic rings. The first kappa shape index (κ1) is 12.5. The zero-order valence-electron chi connectivity index (χ0n) is 9.56. The number of halogens is 2. The third-order valence-electron chi connectivity index (χ3n) is 2.52. The average Bonchev–Trinajstić information content (AvgIpc) is 2.78. The number of hydrogen-bond acceptors (Lipinski definition) is 4. The molecule has 0 spiro atoms. The number of hydrogen-bond donors (Lipinski definition) is 1. The molecule has 0 amide bonds. The molecule has 1 heterocycles. The maximum atomic E-state index is 13.5. The summed E-state index contributed by atoms with van der Waals surface area (Å²) in [6.07, 6.45) is 0. The first-order valence-corrected chi connectivity index (χ1v) is 7.02. The number of fused-ring (bicyclic) bond motifs is 1. The summed E-state index contributed by atoms with van der Waals surface area (Å²) >= 11 is 4.29. The molecule has 0 aliphatic heterocycles. The van der Waals surface area contributed by atoms with Gasteiger partial charge in [0.1, 0.15) is 11.3 Å². The molecule has 96 valence electrons. The Morgan fingerprint density at radius 1 is 1.26 bits per heavy atom. The minimum Gasteiger partial charge on any atom is -0.431 e. The van der Waals surface area contributed by atoms with Gasteiger partial charge in [-0.2, -0.15) is 0 Å². The Labute approximate surface area is 121 Å². The number of aromatic nitrogens is 1. The van der Waals surface area contributed by atoms with Crippen molar-refractivity contribution in [2.45, 2.75) is 10.1 Å². The second kappa shape index (κ2) is 4.86. The minimum atomic E-state index is -0.368. The van der Waals surface area contributed by atoms with Crippen LogP contribution in [0.5, 0.6) is 0 Å². The van der Waals surface area contributed by atoms with Crippen molar-refractivity contribution >= 4 is 44.5 Å². The van der Waals surface area contributed by atoms with Crippen LogP contribution in [0, 0.1) is 5.82 Å². The van der Waals surface area contributed by atoms with Gasteiger partial charge in [-0.15, -0.1) is 0 Å². The molecular weight excluding hydrogens is 331 g/mol. The van der Waals surface area contributed by atoms with E-state index in [0.29, 0.717) is 25.9 Å². The van der Waals surface area contributed by atoms with Crippen molar-refractivity contribution in [2.75, 3.05) is 5.73 Å². The highest BCUT2D eigenvalue weighted by molar-refractivity contribution is 9.10. The molecule has 3 rings (SSSR count). The van der Waals surface area contributed by atoms with Crippen molar-refractivity contribution in [3.05, 3.63) is 46.7 Å². The fraction of sp³-hybridized carbons (Fsp3) is 0. The largest absolute Gasteiger partial charge is 0.431 e. The van der Waals surface area contributed by atoms with Crippen LogP contribution in [0.25, 0.3) is 11.1 Å². The third-order valence-corrected chi connectivity index (χ3v) is 4.05. The zero-order valence-corrected chi connectivity index (χ0v) is 12.0. The summed E-state index contributed by atoms with van der Waals surface area (Å²) in [5, 5.41) is 0.439. The van der Waals surface area contributed by atoms with E-state index in [1.807, 2.05) is 24.3 Å². The smallest absolute Gasteiger partial charge is 0.261 e. The third kappa shape index (κ3) is 2.46. The van der Waals surface area contributed by atoms with E-state index in [4.69, 9.17) is 10.2 Å². The van der Waals surface area contributed by atoms with Gasteiger partial charge >= 0.3 is 0 Å². The molecule has 0 bridgehead atoms. The molecule has 0 atom stereocenters. The molecule has 3 nitrogen and oxygen atoms in total. The highest BCUT2D eigenvalue weighted by Gasteiger charge is 2.11. The summed E-state index contributed by atoms with van der Waals surface area (Å²) in [5.41, 5.74) is 7.78. The van der Waals surface area contributed by atoms with Crippen LogP contribution in [-0.2, 0) is 0 Å². The predicted molar refractivity (Wildman–Crippen MR) is 76.6 cm³/mol. The van der Waals surface area contributed by atoms with Crippen LogP contribution in [0.4, 0.5) is 10.1 Å². The quantitative estimate of drug-likeness (QED) is 0.700. The fourth-order valence-corrected chi connectivity index (χ4v) is 2.78. The lowest BCUT2D eigenvalue weighted by molar-refractivity contribution is 0.489. The van der Waals surface area contributed by atoms with E-state index in [1.54, 1.807) is 0 Å². The van der Waals surface area contributed by atoms with Gasteiger partial charge < -0.3 is 10.2 Å². The van der Waals surface area contributed by atoms with Crippen LogP contribution in [0.15, 0.2) is 55.4 Å². The Morgan fingerprint density at radius 2 is 2.05 bits per heavy atom.